The third-order valence-electron chi connectivity index (χ3n) is 5.86. The molecular weight excluding hydrogens is 560 g/mol. The second kappa shape index (κ2) is 10.4. The predicted molar refractivity (Wildman–Crippen MR) is 123 cm³/mol. The molecule has 2 aromatic carbocycles. The number of nitrogens with zero attached hydrogens (tertiary/aromatic N) is 4. The van der Waals surface area contributed by atoms with E-state index in [2.05, 4.69) is 23.0 Å². The SMILES string of the molecule is COc1ccc(OC)c2nc3c(-[n+]4ccccc4)c(C)c(C)c(-[n+]4ccccc4)c3nc12.[Br-].[Br-]. The third kappa shape index (κ3) is 4.12. The van der Waals surface area contributed by atoms with Crippen LogP contribution in [-0.4, -0.2) is 24.2 Å². The van der Waals surface area contributed by atoms with Gasteiger partial charge in [-0.25, -0.2) is 9.97 Å². The molecule has 34 heavy (non-hydrogen) atoms. The Morgan fingerprint density at radius 3 is 1.24 bits per heavy atom. The summed E-state index contributed by atoms with van der Waals surface area (Å²) in [5, 5.41) is 0. The van der Waals surface area contributed by atoms with Crippen LogP contribution in [-0.2, 0) is 0 Å². The van der Waals surface area contributed by atoms with Crippen LogP contribution in [0, 0.1) is 13.8 Å². The van der Waals surface area contributed by atoms with Gasteiger partial charge in [-0.15, -0.1) is 0 Å². The summed E-state index contributed by atoms with van der Waals surface area (Å²) >= 11 is 0. The van der Waals surface area contributed by atoms with Crippen LogP contribution < -0.4 is 52.6 Å². The molecule has 0 spiro atoms. The Kier molecular flexibility index (Phi) is 7.84. The van der Waals surface area contributed by atoms with Gasteiger partial charge in [-0.05, 0) is 26.0 Å². The number of hydrogen-bond donors (Lipinski definition) is 0. The Morgan fingerprint density at radius 1 is 0.559 bits per heavy atom. The zero-order chi connectivity index (χ0) is 22.2. The van der Waals surface area contributed by atoms with E-state index in [0.717, 1.165) is 33.5 Å². The van der Waals surface area contributed by atoms with Crippen LogP contribution in [0.25, 0.3) is 33.4 Å². The number of pyridine rings is 2. The molecule has 3 aromatic heterocycles. The molecule has 8 heteroatoms. The zero-order valence-electron chi connectivity index (χ0n) is 19.3. The number of aromatic nitrogens is 4. The van der Waals surface area contributed by atoms with Crippen molar-refractivity contribution in [3.05, 3.63) is 84.4 Å². The monoisotopic (exact) mass is 582 g/mol. The van der Waals surface area contributed by atoms with E-state index in [4.69, 9.17) is 19.4 Å². The van der Waals surface area contributed by atoms with Crippen molar-refractivity contribution in [3.63, 3.8) is 0 Å². The molecule has 5 aromatic rings. The molecule has 5 rings (SSSR count). The Bertz CT molecular complexity index is 1350. The third-order valence-corrected chi connectivity index (χ3v) is 5.86. The summed E-state index contributed by atoms with van der Waals surface area (Å²) in [6.45, 7) is 4.26. The molecule has 0 aliphatic carbocycles. The summed E-state index contributed by atoms with van der Waals surface area (Å²) < 4.78 is 15.4. The molecule has 0 radical (unpaired) electrons. The van der Waals surface area contributed by atoms with Crippen LogP contribution in [0.2, 0.25) is 0 Å². The molecule has 3 heterocycles. The largest absolute Gasteiger partial charge is 1.00 e. The molecule has 0 unspecified atom stereocenters. The van der Waals surface area contributed by atoms with Gasteiger partial charge in [-0.3, -0.25) is 0 Å². The maximum absolute atomic E-state index is 5.62. The van der Waals surface area contributed by atoms with E-state index in [0.29, 0.717) is 22.5 Å². The highest BCUT2D eigenvalue weighted by Crippen LogP contribution is 2.35. The summed E-state index contributed by atoms with van der Waals surface area (Å²) in [6, 6.07) is 15.8. The number of ether oxygens (including phenoxy) is 2. The smallest absolute Gasteiger partial charge is 0.242 e. The Hall–Kier alpha value is -3.10. The molecular formula is C26H24Br2N4O2. The lowest BCUT2D eigenvalue weighted by Gasteiger charge is -2.13. The number of benzene rings is 2. The van der Waals surface area contributed by atoms with Crippen molar-refractivity contribution in [2.45, 2.75) is 13.8 Å². The average molecular weight is 584 g/mol. The molecule has 6 nitrogen and oxygen atoms in total. The minimum Gasteiger partial charge on any atom is -1.00 e. The first-order chi connectivity index (χ1) is 15.6. The van der Waals surface area contributed by atoms with Gasteiger partial charge in [0.05, 0.1) is 14.2 Å². The topological polar surface area (TPSA) is 52.0 Å². The summed E-state index contributed by atoms with van der Waals surface area (Å²) in [6.07, 6.45) is 8.13. The molecule has 0 saturated heterocycles. The van der Waals surface area contributed by atoms with Crippen LogP contribution >= 0.6 is 0 Å². The fourth-order valence-electron chi connectivity index (χ4n) is 4.19. The van der Waals surface area contributed by atoms with Crippen molar-refractivity contribution >= 4 is 22.1 Å². The molecule has 0 fully saturated rings. The van der Waals surface area contributed by atoms with Gasteiger partial charge < -0.3 is 43.4 Å². The van der Waals surface area contributed by atoms with Gasteiger partial charge >= 0.3 is 0 Å². The number of halogens is 2. The van der Waals surface area contributed by atoms with Crippen LogP contribution in [0.3, 0.4) is 0 Å². The van der Waals surface area contributed by atoms with Crippen molar-refractivity contribution in [2.75, 3.05) is 14.2 Å². The Morgan fingerprint density at radius 2 is 0.912 bits per heavy atom. The molecule has 174 valence electrons. The first-order valence-corrected chi connectivity index (χ1v) is 10.4. The van der Waals surface area contributed by atoms with Crippen molar-refractivity contribution in [2.24, 2.45) is 0 Å². The molecule has 0 aliphatic heterocycles. The molecule has 0 amide bonds. The van der Waals surface area contributed by atoms with Gasteiger partial charge in [0.2, 0.25) is 11.4 Å². The van der Waals surface area contributed by atoms with E-state index < -0.39 is 0 Å². The lowest BCUT2D eigenvalue weighted by molar-refractivity contribution is -0.598. The van der Waals surface area contributed by atoms with Crippen LogP contribution in [0.1, 0.15) is 11.1 Å². The normalized spacial score (nSPS) is 10.5. The highest BCUT2D eigenvalue weighted by Gasteiger charge is 2.29. The van der Waals surface area contributed by atoms with Gasteiger partial charge in [0, 0.05) is 35.4 Å². The van der Waals surface area contributed by atoms with E-state index in [1.807, 2.05) is 73.3 Å². The highest BCUT2D eigenvalue weighted by molar-refractivity contribution is 5.98. The molecule has 0 atom stereocenters. The molecule has 0 bridgehead atoms. The van der Waals surface area contributed by atoms with E-state index in [1.165, 1.54) is 0 Å². The standard InChI is InChI=1S/C26H24N4O2.2BrH/c1-17-18(2)26(30-15-9-6-10-16-30)24-23(25(17)29-13-7-5-8-14-29)27-21-19(31-3)11-12-20(32-4)22(21)28-24;;/h5-16H,1-4H3;2*1H/q+2;;/p-2. The lowest BCUT2D eigenvalue weighted by atomic mass is 10.0. The quantitative estimate of drug-likeness (QED) is 0.181. The van der Waals surface area contributed by atoms with Crippen molar-refractivity contribution < 1.29 is 52.6 Å². The second-order valence-corrected chi connectivity index (χ2v) is 7.60. The summed E-state index contributed by atoms with van der Waals surface area (Å²) in [4.78, 5) is 10.2. The molecule has 0 N–H and O–H groups in total. The minimum atomic E-state index is 0. The summed E-state index contributed by atoms with van der Waals surface area (Å²) in [5.74, 6) is 1.32. The van der Waals surface area contributed by atoms with Gasteiger partial charge in [0.25, 0.3) is 0 Å². The molecule has 0 aliphatic rings. The number of methoxy groups -OCH3 is 2. The maximum Gasteiger partial charge on any atom is 0.242 e. The summed E-state index contributed by atoms with van der Waals surface area (Å²) in [5.41, 5.74) is 7.21. The lowest BCUT2D eigenvalue weighted by Crippen LogP contribution is -3.00. The Labute approximate surface area is 219 Å². The summed E-state index contributed by atoms with van der Waals surface area (Å²) in [7, 11) is 3.29. The van der Waals surface area contributed by atoms with Crippen molar-refractivity contribution in [3.8, 4) is 22.9 Å². The number of hydrogen-bond acceptors (Lipinski definition) is 4. The van der Waals surface area contributed by atoms with Gasteiger partial charge in [0.15, 0.2) is 35.8 Å². The zero-order valence-corrected chi connectivity index (χ0v) is 22.5. The van der Waals surface area contributed by atoms with E-state index in [-0.39, 0.29) is 34.0 Å². The van der Waals surface area contributed by atoms with Crippen LogP contribution in [0.5, 0.6) is 11.5 Å². The van der Waals surface area contributed by atoms with Gasteiger partial charge in [0.1, 0.15) is 22.5 Å². The first kappa shape index (κ1) is 25.5. The number of fused-ring (bicyclic) bond motifs is 2. The fourth-order valence-corrected chi connectivity index (χ4v) is 4.19. The Balaban J connectivity index is 0.00000162. The van der Waals surface area contributed by atoms with E-state index in [9.17, 15) is 0 Å². The van der Waals surface area contributed by atoms with Crippen molar-refractivity contribution in [1.29, 1.82) is 0 Å². The second-order valence-electron chi connectivity index (χ2n) is 7.60. The van der Waals surface area contributed by atoms with E-state index in [1.54, 1.807) is 14.2 Å². The molecule has 0 saturated carbocycles. The van der Waals surface area contributed by atoms with E-state index >= 15 is 0 Å². The maximum atomic E-state index is 5.62. The van der Waals surface area contributed by atoms with Crippen molar-refractivity contribution in [1.82, 2.24) is 9.97 Å². The highest BCUT2D eigenvalue weighted by atomic mass is 79.9. The minimum absolute atomic E-state index is 0. The van der Waals surface area contributed by atoms with Gasteiger partial charge in [-0.1, -0.05) is 12.1 Å². The predicted octanol–water partition coefficient (Wildman–Crippen LogP) is -2.02. The fraction of sp³-hybridized carbons (Fsp3) is 0.154. The first-order valence-electron chi connectivity index (χ1n) is 10.4. The number of rotatable bonds is 4. The van der Waals surface area contributed by atoms with Crippen LogP contribution in [0.15, 0.2) is 73.3 Å². The van der Waals surface area contributed by atoms with Crippen LogP contribution in [0.4, 0.5) is 0 Å². The average Bonchev–Trinajstić information content (AvgIpc) is 2.84. The van der Waals surface area contributed by atoms with Gasteiger partial charge in [-0.2, -0.15) is 9.13 Å².